The highest BCUT2D eigenvalue weighted by Crippen LogP contribution is 2.36. The number of hydrogen-bond acceptors (Lipinski definition) is 5. The number of thiophene rings is 1. The first-order valence-corrected chi connectivity index (χ1v) is 9.88. The standard InChI is InChI=1S/C20H24N4S/c1-14(2)24-10-8-16(9-11-24)23-19-18-17(15-6-4-3-5-7-15)12-25-20(18)22-13-21-19/h3-7,12-14,16H,8-11H2,1-2H3,(H,21,22,23). The number of anilines is 1. The summed E-state index contributed by atoms with van der Waals surface area (Å²) >= 11 is 1.69. The van der Waals surface area contributed by atoms with Gasteiger partial charge in [0.2, 0.25) is 0 Å². The zero-order valence-electron chi connectivity index (χ0n) is 14.8. The summed E-state index contributed by atoms with van der Waals surface area (Å²) in [7, 11) is 0. The smallest absolute Gasteiger partial charge is 0.139 e. The number of piperidine rings is 1. The zero-order chi connectivity index (χ0) is 17.2. The van der Waals surface area contributed by atoms with E-state index in [1.807, 2.05) is 0 Å². The van der Waals surface area contributed by atoms with Crippen LogP contribution in [0.15, 0.2) is 42.0 Å². The molecule has 0 spiro atoms. The van der Waals surface area contributed by atoms with Crippen molar-refractivity contribution in [3.63, 3.8) is 0 Å². The van der Waals surface area contributed by atoms with Crippen LogP contribution < -0.4 is 5.32 Å². The number of fused-ring (bicyclic) bond motifs is 1. The van der Waals surface area contributed by atoms with Gasteiger partial charge in [-0.15, -0.1) is 11.3 Å². The van der Waals surface area contributed by atoms with Crippen LogP contribution in [0.1, 0.15) is 26.7 Å². The number of nitrogens with zero attached hydrogens (tertiary/aromatic N) is 3. The van der Waals surface area contributed by atoms with Gasteiger partial charge in [0.05, 0.1) is 5.39 Å². The minimum absolute atomic E-state index is 0.483. The maximum atomic E-state index is 4.58. The number of hydrogen-bond donors (Lipinski definition) is 1. The molecular formula is C20H24N4S. The first kappa shape index (κ1) is 16.5. The Morgan fingerprint density at radius 3 is 2.60 bits per heavy atom. The van der Waals surface area contributed by atoms with E-state index in [0.29, 0.717) is 12.1 Å². The maximum absolute atomic E-state index is 4.58. The lowest BCUT2D eigenvalue weighted by atomic mass is 10.0. The molecule has 2 aromatic heterocycles. The van der Waals surface area contributed by atoms with Gasteiger partial charge in [-0.05, 0) is 32.3 Å². The lowest BCUT2D eigenvalue weighted by Crippen LogP contribution is -2.42. The third kappa shape index (κ3) is 3.39. The van der Waals surface area contributed by atoms with Gasteiger partial charge >= 0.3 is 0 Å². The Kier molecular flexibility index (Phi) is 4.68. The van der Waals surface area contributed by atoms with Gasteiger partial charge in [0, 0.05) is 36.1 Å². The highest BCUT2D eigenvalue weighted by molar-refractivity contribution is 7.17. The largest absolute Gasteiger partial charge is 0.367 e. The Labute approximate surface area is 152 Å². The molecule has 0 saturated carbocycles. The first-order valence-electron chi connectivity index (χ1n) is 9.00. The summed E-state index contributed by atoms with van der Waals surface area (Å²) < 4.78 is 0. The predicted molar refractivity (Wildman–Crippen MR) is 106 cm³/mol. The van der Waals surface area contributed by atoms with E-state index < -0.39 is 0 Å². The van der Waals surface area contributed by atoms with E-state index >= 15 is 0 Å². The molecule has 1 aliphatic rings. The van der Waals surface area contributed by atoms with Gasteiger partial charge in [-0.3, -0.25) is 0 Å². The summed E-state index contributed by atoms with van der Waals surface area (Å²) in [6, 6.07) is 11.6. The minimum atomic E-state index is 0.483. The van der Waals surface area contributed by atoms with Crippen molar-refractivity contribution >= 4 is 27.4 Å². The third-order valence-electron chi connectivity index (χ3n) is 5.06. The molecule has 0 amide bonds. The van der Waals surface area contributed by atoms with Gasteiger partial charge in [0.1, 0.15) is 17.0 Å². The molecule has 1 saturated heterocycles. The SMILES string of the molecule is CC(C)N1CCC(Nc2ncnc3scc(-c4ccccc4)c23)CC1. The maximum Gasteiger partial charge on any atom is 0.139 e. The van der Waals surface area contributed by atoms with Crippen molar-refractivity contribution in [1.29, 1.82) is 0 Å². The van der Waals surface area contributed by atoms with Gasteiger partial charge in [-0.25, -0.2) is 9.97 Å². The van der Waals surface area contributed by atoms with Gasteiger partial charge in [-0.1, -0.05) is 30.3 Å². The van der Waals surface area contributed by atoms with Crippen molar-refractivity contribution in [2.45, 2.75) is 38.8 Å². The molecule has 0 atom stereocenters. The monoisotopic (exact) mass is 352 g/mol. The highest BCUT2D eigenvalue weighted by Gasteiger charge is 2.22. The summed E-state index contributed by atoms with van der Waals surface area (Å²) in [4.78, 5) is 12.7. The Morgan fingerprint density at radius 1 is 1.12 bits per heavy atom. The highest BCUT2D eigenvalue weighted by atomic mass is 32.1. The number of nitrogens with one attached hydrogen (secondary N) is 1. The van der Waals surface area contributed by atoms with E-state index in [1.165, 1.54) is 11.1 Å². The Hall–Kier alpha value is -1.98. The number of likely N-dealkylation sites (tertiary alicyclic amines) is 1. The van der Waals surface area contributed by atoms with Crippen molar-refractivity contribution in [2.75, 3.05) is 18.4 Å². The molecule has 3 aromatic rings. The molecule has 0 radical (unpaired) electrons. The molecule has 1 N–H and O–H groups in total. The molecule has 1 aliphatic heterocycles. The second-order valence-corrected chi connectivity index (χ2v) is 7.82. The van der Waals surface area contributed by atoms with Crippen LogP contribution in [0, 0.1) is 0 Å². The van der Waals surface area contributed by atoms with E-state index in [-0.39, 0.29) is 0 Å². The quantitative estimate of drug-likeness (QED) is 0.742. The van der Waals surface area contributed by atoms with Gasteiger partial charge in [0.25, 0.3) is 0 Å². The second kappa shape index (κ2) is 7.10. The Bertz CT molecular complexity index is 835. The van der Waals surface area contributed by atoms with Crippen LogP contribution in [0.4, 0.5) is 5.82 Å². The van der Waals surface area contributed by atoms with E-state index in [4.69, 9.17) is 0 Å². The Balaban J connectivity index is 1.61. The van der Waals surface area contributed by atoms with Crippen molar-refractivity contribution in [1.82, 2.24) is 14.9 Å². The minimum Gasteiger partial charge on any atom is -0.367 e. The molecule has 0 unspecified atom stereocenters. The molecule has 4 nitrogen and oxygen atoms in total. The van der Waals surface area contributed by atoms with Gasteiger partial charge in [0.15, 0.2) is 0 Å². The second-order valence-electron chi connectivity index (χ2n) is 6.97. The lowest BCUT2D eigenvalue weighted by molar-refractivity contribution is 0.177. The fraction of sp³-hybridized carbons (Fsp3) is 0.400. The Morgan fingerprint density at radius 2 is 1.88 bits per heavy atom. The van der Waals surface area contributed by atoms with Crippen molar-refractivity contribution in [2.24, 2.45) is 0 Å². The predicted octanol–water partition coefficient (Wildman–Crippen LogP) is 4.64. The molecule has 1 fully saturated rings. The summed E-state index contributed by atoms with van der Waals surface area (Å²) in [5.74, 6) is 0.980. The van der Waals surface area contributed by atoms with E-state index in [1.54, 1.807) is 17.7 Å². The summed E-state index contributed by atoms with van der Waals surface area (Å²) in [5, 5.41) is 7.06. The molecule has 0 aliphatic carbocycles. The van der Waals surface area contributed by atoms with Crippen molar-refractivity contribution in [3.05, 3.63) is 42.0 Å². The average molecular weight is 353 g/mol. The number of aromatic nitrogens is 2. The molecule has 130 valence electrons. The van der Waals surface area contributed by atoms with Crippen LogP contribution in [0.3, 0.4) is 0 Å². The van der Waals surface area contributed by atoms with E-state index in [2.05, 4.69) is 69.7 Å². The molecule has 5 heteroatoms. The normalized spacial score (nSPS) is 16.6. The molecular weight excluding hydrogens is 328 g/mol. The van der Waals surface area contributed by atoms with Crippen LogP contribution in [0.2, 0.25) is 0 Å². The molecule has 3 heterocycles. The third-order valence-corrected chi connectivity index (χ3v) is 5.94. The van der Waals surface area contributed by atoms with Crippen molar-refractivity contribution in [3.8, 4) is 11.1 Å². The number of benzene rings is 1. The molecule has 0 bridgehead atoms. The van der Waals surface area contributed by atoms with E-state index in [9.17, 15) is 0 Å². The van der Waals surface area contributed by atoms with Crippen LogP contribution in [0.25, 0.3) is 21.3 Å². The molecule has 1 aromatic carbocycles. The van der Waals surface area contributed by atoms with Gasteiger partial charge < -0.3 is 10.2 Å². The summed E-state index contributed by atoms with van der Waals surface area (Å²) in [6.45, 7) is 6.86. The molecule has 25 heavy (non-hydrogen) atoms. The van der Waals surface area contributed by atoms with Crippen LogP contribution >= 0.6 is 11.3 Å². The van der Waals surface area contributed by atoms with Crippen LogP contribution in [0.5, 0.6) is 0 Å². The van der Waals surface area contributed by atoms with Crippen LogP contribution in [-0.4, -0.2) is 40.0 Å². The van der Waals surface area contributed by atoms with Crippen molar-refractivity contribution < 1.29 is 0 Å². The summed E-state index contributed by atoms with van der Waals surface area (Å²) in [6.07, 6.45) is 4.00. The fourth-order valence-electron chi connectivity index (χ4n) is 3.57. The topological polar surface area (TPSA) is 41.0 Å². The summed E-state index contributed by atoms with van der Waals surface area (Å²) in [5.41, 5.74) is 2.45. The van der Waals surface area contributed by atoms with E-state index in [0.717, 1.165) is 42.0 Å². The van der Waals surface area contributed by atoms with Crippen LogP contribution in [-0.2, 0) is 0 Å². The zero-order valence-corrected chi connectivity index (χ0v) is 15.6. The lowest BCUT2D eigenvalue weighted by Gasteiger charge is -2.35. The van der Waals surface area contributed by atoms with Gasteiger partial charge in [-0.2, -0.15) is 0 Å². The molecule has 4 rings (SSSR count). The fourth-order valence-corrected chi connectivity index (χ4v) is 4.48. The first-order chi connectivity index (χ1) is 12.2. The average Bonchev–Trinajstić information content (AvgIpc) is 3.08. The number of rotatable bonds is 4.